The van der Waals surface area contributed by atoms with Crippen LogP contribution in [0.15, 0.2) is 19.0 Å². The average Bonchev–Trinajstić information content (AvgIpc) is 2.86. The van der Waals surface area contributed by atoms with Gasteiger partial charge in [0.1, 0.15) is 25.1 Å². The number of rotatable bonds is 3. The van der Waals surface area contributed by atoms with Crippen molar-refractivity contribution in [3.63, 3.8) is 0 Å². The Morgan fingerprint density at radius 3 is 2.79 bits per heavy atom. The van der Waals surface area contributed by atoms with Gasteiger partial charge in [-0.2, -0.15) is 10.4 Å². The lowest BCUT2D eigenvalue weighted by Gasteiger charge is -1.98. The first kappa shape index (κ1) is 8.37. The van der Waals surface area contributed by atoms with Crippen molar-refractivity contribution in [2.75, 3.05) is 0 Å². The van der Waals surface area contributed by atoms with Crippen molar-refractivity contribution in [1.29, 1.82) is 5.26 Å². The predicted molar refractivity (Wildman–Crippen MR) is 44.8 cm³/mol. The molecule has 0 N–H and O–H groups in total. The molecule has 2 aromatic heterocycles. The zero-order valence-corrected chi connectivity index (χ0v) is 7.28. The highest BCUT2D eigenvalue weighted by molar-refractivity contribution is 5.05. The van der Waals surface area contributed by atoms with Gasteiger partial charge in [-0.15, -0.1) is 5.10 Å². The third-order valence-electron chi connectivity index (χ3n) is 1.66. The highest BCUT2D eigenvalue weighted by Crippen LogP contribution is 1.89. The maximum absolute atomic E-state index is 8.49. The fourth-order valence-electron chi connectivity index (χ4n) is 1.01. The molecule has 0 unspecified atom stereocenters. The summed E-state index contributed by atoms with van der Waals surface area (Å²) in [4.78, 5) is 7.59. The minimum atomic E-state index is 0.184. The van der Waals surface area contributed by atoms with E-state index in [1.54, 1.807) is 15.7 Å². The smallest absolute Gasteiger partial charge is 0.251 e. The van der Waals surface area contributed by atoms with Crippen LogP contribution in [0.1, 0.15) is 5.82 Å². The molecule has 0 aliphatic rings. The molecule has 0 spiro atoms. The molecule has 7 heteroatoms. The Bertz CT molecular complexity index is 435. The molecule has 2 heterocycles. The van der Waals surface area contributed by atoms with Crippen molar-refractivity contribution in [2.45, 2.75) is 13.1 Å². The Labute approximate surface area is 79.6 Å². The Morgan fingerprint density at radius 2 is 2.14 bits per heavy atom. The minimum Gasteiger partial charge on any atom is -0.251 e. The van der Waals surface area contributed by atoms with Crippen LogP contribution in [-0.4, -0.2) is 29.5 Å². The zero-order valence-electron chi connectivity index (χ0n) is 7.28. The lowest BCUT2D eigenvalue weighted by Crippen LogP contribution is -2.08. The molecule has 0 saturated heterocycles. The number of aromatic nitrogens is 6. The van der Waals surface area contributed by atoms with Crippen LogP contribution in [-0.2, 0) is 13.1 Å². The first-order valence-corrected chi connectivity index (χ1v) is 4.00. The lowest BCUT2D eigenvalue weighted by molar-refractivity contribution is 0.497. The molecule has 0 radical (unpaired) electrons. The van der Waals surface area contributed by atoms with Gasteiger partial charge in [-0.1, -0.05) is 0 Å². The second kappa shape index (κ2) is 3.66. The Balaban J connectivity index is 1.96. The van der Waals surface area contributed by atoms with Gasteiger partial charge in [0.25, 0.3) is 5.82 Å². The lowest BCUT2D eigenvalue weighted by atomic mass is 10.6. The fourth-order valence-corrected chi connectivity index (χ4v) is 1.01. The molecule has 2 rings (SSSR count). The van der Waals surface area contributed by atoms with E-state index >= 15 is 0 Å². The minimum absolute atomic E-state index is 0.184. The molecule has 14 heavy (non-hydrogen) atoms. The molecule has 0 atom stereocenters. The van der Waals surface area contributed by atoms with Crippen molar-refractivity contribution < 1.29 is 0 Å². The van der Waals surface area contributed by atoms with E-state index in [1.165, 1.54) is 12.7 Å². The summed E-state index contributed by atoms with van der Waals surface area (Å²) in [6.45, 7) is 1.28. The van der Waals surface area contributed by atoms with Crippen molar-refractivity contribution in [3.05, 3.63) is 24.8 Å². The third-order valence-corrected chi connectivity index (χ3v) is 1.66. The molecule has 0 aromatic carbocycles. The van der Waals surface area contributed by atoms with Gasteiger partial charge in [-0.05, 0) is 0 Å². The van der Waals surface area contributed by atoms with Crippen LogP contribution in [0.3, 0.4) is 0 Å². The molecular weight excluding hydrogens is 182 g/mol. The van der Waals surface area contributed by atoms with Gasteiger partial charge in [0.2, 0.25) is 0 Å². The summed E-state index contributed by atoms with van der Waals surface area (Å²) in [7, 11) is 0. The van der Waals surface area contributed by atoms with E-state index in [0.717, 1.165) is 0 Å². The molecule has 0 aliphatic heterocycles. The number of nitrogens with zero attached hydrogens (tertiary/aromatic N) is 7. The van der Waals surface area contributed by atoms with E-state index in [2.05, 4.69) is 20.2 Å². The molecule has 7 nitrogen and oxygen atoms in total. The number of aryl methyl sites for hydroxylation is 2. The van der Waals surface area contributed by atoms with Gasteiger partial charge in [-0.3, -0.25) is 4.68 Å². The topological polar surface area (TPSA) is 85.2 Å². The van der Waals surface area contributed by atoms with E-state index in [0.29, 0.717) is 13.1 Å². The van der Waals surface area contributed by atoms with E-state index in [-0.39, 0.29) is 5.82 Å². The quantitative estimate of drug-likeness (QED) is 0.646. The summed E-state index contributed by atoms with van der Waals surface area (Å²) < 4.78 is 3.29. The number of nitriles is 1. The van der Waals surface area contributed by atoms with Crippen LogP contribution in [0.25, 0.3) is 0 Å². The van der Waals surface area contributed by atoms with Gasteiger partial charge in [0.05, 0.1) is 13.1 Å². The van der Waals surface area contributed by atoms with Crippen LogP contribution in [0.4, 0.5) is 0 Å². The normalized spacial score (nSPS) is 9.93. The van der Waals surface area contributed by atoms with Crippen molar-refractivity contribution in [2.24, 2.45) is 0 Å². The summed E-state index contributed by atoms with van der Waals surface area (Å²) in [6, 6.07) is 1.86. The van der Waals surface area contributed by atoms with Crippen LogP contribution in [0, 0.1) is 11.3 Å². The van der Waals surface area contributed by atoms with Crippen LogP contribution in [0.2, 0.25) is 0 Å². The third kappa shape index (κ3) is 1.74. The van der Waals surface area contributed by atoms with Gasteiger partial charge in [-0.25, -0.2) is 14.6 Å². The zero-order chi connectivity index (χ0) is 9.80. The van der Waals surface area contributed by atoms with E-state index in [4.69, 9.17) is 5.26 Å². The summed E-state index contributed by atoms with van der Waals surface area (Å²) >= 11 is 0. The largest absolute Gasteiger partial charge is 0.252 e. The first-order chi connectivity index (χ1) is 6.88. The van der Waals surface area contributed by atoms with E-state index in [9.17, 15) is 0 Å². The standard InChI is InChI=1S/C7H7N7/c8-3-7-10-6-14(12-7)2-1-13-5-9-4-11-13/h4-6H,1-2H2. The van der Waals surface area contributed by atoms with Gasteiger partial charge in [0.15, 0.2) is 0 Å². The molecule has 0 bridgehead atoms. The monoisotopic (exact) mass is 189 g/mol. The second-order valence-electron chi connectivity index (χ2n) is 2.60. The molecule has 70 valence electrons. The molecule has 0 aliphatic carbocycles. The summed E-state index contributed by atoms with van der Waals surface area (Å²) in [5.41, 5.74) is 0. The second-order valence-corrected chi connectivity index (χ2v) is 2.60. The molecular formula is C7H7N7. The van der Waals surface area contributed by atoms with Crippen molar-refractivity contribution in [3.8, 4) is 6.07 Å². The first-order valence-electron chi connectivity index (χ1n) is 4.00. The van der Waals surface area contributed by atoms with Gasteiger partial charge >= 0.3 is 0 Å². The summed E-state index contributed by atoms with van der Waals surface area (Å²) in [6.07, 6.45) is 4.62. The highest BCUT2D eigenvalue weighted by Gasteiger charge is 1.98. The van der Waals surface area contributed by atoms with E-state index < -0.39 is 0 Å². The maximum atomic E-state index is 8.49. The SMILES string of the molecule is N#Cc1ncn(CCn2cncn2)n1. The number of hydrogen-bond acceptors (Lipinski definition) is 5. The highest BCUT2D eigenvalue weighted by atomic mass is 15.4. The van der Waals surface area contributed by atoms with Gasteiger partial charge in [0, 0.05) is 0 Å². The molecule has 0 amide bonds. The maximum Gasteiger partial charge on any atom is 0.252 e. The fraction of sp³-hybridized carbons (Fsp3) is 0.286. The average molecular weight is 189 g/mol. The summed E-state index contributed by atoms with van der Waals surface area (Å²) in [5, 5.41) is 16.3. The van der Waals surface area contributed by atoms with Gasteiger partial charge < -0.3 is 0 Å². The molecule has 2 aromatic rings. The van der Waals surface area contributed by atoms with E-state index in [1.807, 2.05) is 6.07 Å². The Kier molecular flexibility index (Phi) is 2.19. The predicted octanol–water partition coefficient (Wildman–Crippen LogP) is -0.559. The Morgan fingerprint density at radius 1 is 1.29 bits per heavy atom. The van der Waals surface area contributed by atoms with Crippen molar-refractivity contribution >= 4 is 0 Å². The Hall–Kier alpha value is -2.23. The van der Waals surface area contributed by atoms with Crippen LogP contribution in [0.5, 0.6) is 0 Å². The van der Waals surface area contributed by atoms with Crippen molar-refractivity contribution in [1.82, 2.24) is 29.5 Å². The molecule has 0 fully saturated rings. The van der Waals surface area contributed by atoms with Crippen LogP contribution < -0.4 is 0 Å². The summed E-state index contributed by atoms with van der Waals surface area (Å²) in [5.74, 6) is 0.184. The molecule has 0 saturated carbocycles. The van der Waals surface area contributed by atoms with Crippen LogP contribution >= 0.6 is 0 Å². The number of hydrogen-bond donors (Lipinski definition) is 0.